The molecule has 3 atom stereocenters. The van der Waals surface area contributed by atoms with Crippen LogP contribution in [0.2, 0.25) is 0 Å². The van der Waals surface area contributed by atoms with Crippen molar-refractivity contribution in [3.63, 3.8) is 0 Å². The van der Waals surface area contributed by atoms with E-state index in [9.17, 15) is 0 Å². The second kappa shape index (κ2) is 2.23. The van der Waals surface area contributed by atoms with E-state index in [-0.39, 0.29) is 0 Å². The first-order valence-corrected chi connectivity index (χ1v) is 4.50. The highest BCUT2D eigenvalue weighted by atomic mass is 15.0. The Bertz CT molecular complexity index is 131. The van der Waals surface area contributed by atoms with Crippen LogP contribution < -0.4 is 5.32 Å². The highest BCUT2D eigenvalue weighted by molar-refractivity contribution is 4.95. The Hall–Kier alpha value is -0.0400. The van der Waals surface area contributed by atoms with Crippen molar-refractivity contribution in [2.75, 3.05) is 6.54 Å². The van der Waals surface area contributed by atoms with Crippen molar-refractivity contribution in [2.45, 2.75) is 32.7 Å². The highest BCUT2D eigenvalue weighted by Crippen LogP contribution is 2.40. The minimum Gasteiger partial charge on any atom is -0.314 e. The van der Waals surface area contributed by atoms with Crippen molar-refractivity contribution in [3.05, 3.63) is 0 Å². The van der Waals surface area contributed by atoms with Crippen molar-refractivity contribution >= 4 is 0 Å². The van der Waals surface area contributed by atoms with E-state index in [0.29, 0.717) is 0 Å². The van der Waals surface area contributed by atoms with Crippen molar-refractivity contribution in [1.82, 2.24) is 5.32 Å². The lowest BCUT2D eigenvalue weighted by Gasteiger charge is -2.25. The standard InChI is InChI=1S/C9H17N/c1-6(2)9-4-8-3-7(9)5-10-8/h6-10H,3-5H2,1-2H3/t7-,8-,9+/m0/s1. The van der Waals surface area contributed by atoms with Gasteiger partial charge in [0.2, 0.25) is 0 Å². The molecule has 0 spiro atoms. The fraction of sp³-hybridized carbons (Fsp3) is 1.00. The van der Waals surface area contributed by atoms with E-state index in [1.54, 1.807) is 0 Å². The van der Waals surface area contributed by atoms with E-state index in [1.165, 1.54) is 19.4 Å². The summed E-state index contributed by atoms with van der Waals surface area (Å²) in [5.74, 6) is 2.97. The summed E-state index contributed by atoms with van der Waals surface area (Å²) in [4.78, 5) is 0. The van der Waals surface area contributed by atoms with Crippen LogP contribution in [0.25, 0.3) is 0 Å². The molecule has 0 radical (unpaired) electrons. The molecular weight excluding hydrogens is 122 g/mol. The molecule has 1 aliphatic carbocycles. The molecule has 1 aliphatic heterocycles. The quantitative estimate of drug-likeness (QED) is 0.582. The number of hydrogen-bond donors (Lipinski definition) is 1. The Kier molecular flexibility index (Phi) is 1.48. The van der Waals surface area contributed by atoms with Crippen LogP contribution in [0.15, 0.2) is 0 Å². The number of fused-ring (bicyclic) bond motifs is 2. The van der Waals surface area contributed by atoms with Gasteiger partial charge in [-0.05, 0) is 37.1 Å². The summed E-state index contributed by atoms with van der Waals surface area (Å²) in [6, 6.07) is 0.886. The molecule has 2 bridgehead atoms. The Labute approximate surface area is 63.2 Å². The van der Waals surface area contributed by atoms with Gasteiger partial charge in [0.05, 0.1) is 0 Å². The molecule has 2 rings (SSSR count). The summed E-state index contributed by atoms with van der Waals surface area (Å²) in [7, 11) is 0. The monoisotopic (exact) mass is 139 g/mol. The van der Waals surface area contributed by atoms with E-state index < -0.39 is 0 Å². The summed E-state index contributed by atoms with van der Waals surface area (Å²) in [6.07, 6.45) is 2.91. The van der Waals surface area contributed by atoms with Crippen LogP contribution in [0, 0.1) is 17.8 Å². The highest BCUT2D eigenvalue weighted by Gasteiger charge is 2.40. The Morgan fingerprint density at radius 1 is 1.30 bits per heavy atom. The molecule has 10 heavy (non-hydrogen) atoms. The van der Waals surface area contributed by atoms with Crippen molar-refractivity contribution in [3.8, 4) is 0 Å². The van der Waals surface area contributed by atoms with E-state index in [4.69, 9.17) is 0 Å². The maximum Gasteiger partial charge on any atom is 0.00732 e. The average Bonchev–Trinajstić information content (AvgIpc) is 2.44. The molecule has 0 amide bonds. The van der Waals surface area contributed by atoms with Gasteiger partial charge in [0.25, 0.3) is 0 Å². The van der Waals surface area contributed by atoms with Crippen LogP contribution >= 0.6 is 0 Å². The second-order valence-electron chi connectivity index (χ2n) is 4.24. The summed E-state index contributed by atoms with van der Waals surface area (Å²) < 4.78 is 0. The normalized spacial score (nSPS) is 45.3. The van der Waals surface area contributed by atoms with Crippen LogP contribution in [-0.2, 0) is 0 Å². The molecule has 0 aromatic rings. The smallest absolute Gasteiger partial charge is 0.00732 e. The predicted octanol–water partition coefficient (Wildman–Crippen LogP) is 1.64. The lowest BCUT2D eigenvalue weighted by molar-refractivity contribution is 0.269. The van der Waals surface area contributed by atoms with Gasteiger partial charge >= 0.3 is 0 Å². The SMILES string of the molecule is CC(C)[C@H]1C[C@@H]2C[C@H]1CN2. The molecule has 0 unspecified atom stereocenters. The molecule has 0 aromatic heterocycles. The van der Waals surface area contributed by atoms with Gasteiger partial charge in [0.15, 0.2) is 0 Å². The van der Waals surface area contributed by atoms with Gasteiger partial charge < -0.3 is 5.32 Å². The van der Waals surface area contributed by atoms with E-state index in [2.05, 4.69) is 19.2 Å². The number of rotatable bonds is 1. The average molecular weight is 139 g/mol. The third kappa shape index (κ3) is 0.878. The Morgan fingerprint density at radius 3 is 2.40 bits per heavy atom. The van der Waals surface area contributed by atoms with Gasteiger partial charge in [-0.25, -0.2) is 0 Å². The molecule has 1 saturated carbocycles. The van der Waals surface area contributed by atoms with Crippen LogP contribution in [0.4, 0.5) is 0 Å². The summed E-state index contributed by atoms with van der Waals surface area (Å²) in [5, 5.41) is 3.54. The fourth-order valence-electron chi connectivity index (χ4n) is 2.69. The summed E-state index contributed by atoms with van der Waals surface area (Å²) >= 11 is 0. The van der Waals surface area contributed by atoms with Crippen LogP contribution in [0.3, 0.4) is 0 Å². The van der Waals surface area contributed by atoms with Gasteiger partial charge in [0, 0.05) is 6.04 Å². The first kappa shape index (κ1) is 6.66. The number of hydrogen-bond acceptors (Lipinski definition) is 1. The van der Waals surface area contributed by atoms with E-state index >= 15 is 0 Å². The predicted molar refractivity (Wildman–Crippen MR) is 42.8 cm³/mol. The molecule has 1 saturated heterocycles. The van der Waals surface area contributed by atoms with Gasteiger partial charge in [-0.2, -0.15) is 0 Å². The molecule has 2 aliphatic rings. The third-order valence-corrected chi connectivity index (χ3v) is 3.27. The lowest BCUT2D eigenvalue weighted by atomic mass is 9.85. The van der Waals surface area contributed by atoms with Gasteiger partial charge in [0.1, 0.15) is 0 Å². The first-order valence-electron chi connectivity index (χ1n) is 4.50. The number of nitrogens with one attached hydrogen (secondary N) is 1. The zero-order valence-corrected chi connectivity index (χ0v) is 6.93. The van der Waals surface area contributed by atoms with Crippen molar-refractivity contribution in [2.24, 2.45) is 17.8 Å². The molecule has 0 aromatic carbocycles. The minimum atomic E-state index is 0.886. The van der Waals surface area contributed by atoms with Gasteiger partial charge in [-0.3, -0.25) is 0 Å². The molecule has 58 valence electrons. The van der Waals surface area contributed by atoms with E-state index in [1.807, 2.05) is 0 Å². The zero-order chi connectivity index (χ0) is 7.14. The van der Waals surface area contributed by atoms with Crippen molar-refractivity contribution in [1.29, 1.82) is 0 Å². The maximum absolute atomic E-state index is 3.54. The molecule has 1 heterocycles. The largest absolute Gasteiger partial charge is 0.314 e. The Balaban J connectivity index is 2.02. The summed E-state index contributed by atoms with van der Waals surface area (Å²) in [6.45, 7) is 6.03. The second-order valence-corrected chi connectivity index (χ2v) is 4.24. The first-order chi connectivity index (χ1) is 4.77. The van der Waals surface area contributed by atoms with Crippen molar-refractivity contribution < 1.29 is 0 Å². The Morgan fingerprint density at radius 2 is 2.10 bits per heavy atom. The minimum absolute atomic E-state index is 0.886. The molecular formula is C9H17N. The summed E-state index contributed by atoms with van der Waals surface area (Å²) in [5.41, 5.74) is 0. The van der Waals surface area contributed by atoms with E-state index in [0.717, 1.165) is 23.8 Å². The molecule has 2 fully saturated rings. The van der Waals surface area contributed by atoms with Crippen LogP contribution in [0.5, 0.6) is 0 Å². The fourth-order valence-corrected chi connectivity index (χ4v) is 2.69. The van der Waals surface area contributed by atoms with Crippen LogP contribution in [-0.4, -0.2) is 12.6 Å². The zero-order valence-electron chi connectivity index (χ0n) is 6.93. The third-order valence-electron chi connectivity index (χ3n) is 3.27. The topological polar surface area (TPSA) is 12.0 Å². The number of piperidine rings is 1. The maximum atomic E-state index is 3.54. The van der Waals surface area contributed by atoms with Gasteiger partial charge in [-0.15, -0.1) is 0 Å². The van der Waals surface area contributed by atoms with Gasteiger partial charge in [-0.1, -0.05) is 13.8 Å². The molecule has 1 N–H and O–H groups in total. The molecule has 1 heteroatoms. The lowest BCUT2D eigenvalue weighted by Crippen LogP contribution is -2.31. The molecule has 1 nitrogen and oxygen atoms in total. The van der Waals surface area contributed by atoms with Crippen LogP contribution in [0.1, 0.15) is 26.7 Å².